The molecule has 1 aromatic carbocycles. The van der Waals surface area contributed by atoms with E-state index in [0.717, 1.165) is 38.2 Å². The highest BCUT2D eigenvalue weighted by molar-refractivity contribution is 5.31. The van der Waals surface area contributed by atoms with Crippen LogP contribution in [0, 0.1) is 0 Å². The Morgan fingerprint density at radius 2 is 2.25 bits per heavy atom. The average Bonchev–Trinajstić information content (AvgIpc) is 2.32. The van der Waals surface area contributed by atoms with E-state index in [4.69, 9.17) is 4.74 Å². The van der Waals surface area contributed by atoms with Crippen LogP contribution >= 0.6 is 0 Å². The Labute approximate surface area is 96.6 Å². The molecule has 1 unspecified atom stereocenters. The molecule has 3 heteroatoms. The summed E-state index contributed by atoms with van der Waals surface area (Å²) in [6, 6.07) is 7.54. The quantitative estimate of drug-likeness (QED) is 0.847. The lowest BCUT2D eigenvalue weighted by Crippen LogP contribution is -2.41. The molecule has 1 saturated heterocycles. The van der Waals surface area contributed by atoms with Crippen molar-refractivity contribution >= 4 is 0 Å². The van der Waals surface area contributed by atoms with Crippen LogP contribution in [0.25, 0.3) is 0 Å². The minimum absolute atomic E-state index is 0.347. The predicted molar refractivity (Wildman–Crippen MR) is 63.4 cm³/mol. The van der Waals surface area contributed by atoms with Crippen LogP contribution in [0.4, 0.5) is 0 Å². The van der Waals surface area contributed by atoms with Crippen molar-refractivity contribution in [1.82, 2.24) is 4.90 Å². The molecule has 0 bridgehead atoms. The summed E-state index contributed by atoms with van der Waals surface area (Å²) in [5.74, 6) is 0.391. The standard InChI is InChI=1S/C13H19NO2/c1-2-12-10-14(7-8-16-12)9-11-5-3-4-6-13(11)15/h3-6,12,15H,2,7-10H2,1H3. The normalized spacial score (nSPS) is 22.2. The number of rotatable bonds is 3. The Hall–Kier alpha value is -1.06. The van der Waals surface area contributed by atoms with E-state index in [2.05, 4.69) is 11.8 Å². The number of nitrogens with zero attached hydrogens (tertiary/aromatic N) is 1. The summed E-state index contributed by atoms with van der Waals surface area (Å²) in [7, 11) is 0. The molecular weight excluding hydrogens is 202 g/mol. The zero-order valence-electron chi connectivity index (χ0n) is 9.72. The van der Waals surface area contributed by atoms with Crippen molar-refractivity contribution in [3.05, 3.63) is 29.8 Å². The van der Waals surface area contributed by atoms with E-state index in [0.29, 0.717) is 11.9 Å². The first-order valence-corrected chi connectivity index (χ1v) is 5.90. The summed E-state index contributed by atoms with van der Waals surface area (Å²) in [5, 5.41) is 9.71. The van der Waals surface area contributed by atoms with Crippen molar-refractivity contribution in [3.8, 4) is 5.75 Å². The van der Waals surface area contributed by atoms with Crippen molar-refractivity contribution < 1.29 is 9.84 Å². The molecule has 3 nitrogen and oxygen atoms in total. The van der Waals surface area contributed by atoms with Crippen LogP contribution in [0.1, 0.15) is 18.9 Å². The first kappa shape index (κ1) is 11.4. The molecule has 0 amide bonds. The van der Waals surface area contributed by atoms with Gasteiger partial charge in [-0.25, -0.2) is 0 Å². The third-order valence-corrected chi connectivity index (χ3v) is 3.06. The molecule has 0 radical (unpaired) electrons. The van der Waals surface area contributed by atoms with Gasteiger partial charge in [0, 0.05) is 25.2 Å². The van der Waals surface area contributed by atoms with Gasteiger partial charge in [0.1, 0.15) is 5.75 Å². The van der Waals surface area contributed by atoms with Crippen molar-refractivity contribution in [2.75, 3.05) is 19.7 Å². The molecular formula is C13H19NO2. The molecule has 1 N–H and O–H groups in total. The summed E-state index contributed by atoms with van der Waals surface area (Å²) in [6.07, 6.45) is 1.40. The highest BCUT2D eigenvalue weighted by Gasteiger charge is 2.19. The molecule has 0 aromatic heterocycles. The maximum atomic E-state index is 9.71. The third kappa shape index (κ3) is 2.74. The summed E-state index contributed by atoms with van der Waals surface area (Å²) in [6.45, 7) is 5.67. The molecule has 1 fully saturated rings. The second-order valence-corrected chi connectivity index (χ2v) is 4.26. The van der Waals surface area contributed by atoms with Crippen molar-refractivity contribution in [3.63, 3.8) is 0 Å². The largest absolute Gasteiger partial charge is 0.508 e. The second-order valence-electron chi connectivity index (χ2n) is 4.26. The molecule has 0 saturated carbocycles. The van der Waals surface area contributed by atoms with Gasteiger partial charge in [-0.1, -0.05) is 25.1 Å². The molecule has 1 atom stereocenters. The predicted octanol–water partition coefficient (Wildman–Crippen LogP) is 2.00. The van der Waals surface area contributed by atoms with Crippen LogP contribution in [-0.4, -0.2) is 35.8 Å². The number of benzene rings is 1. The van der Waals surface area contributed by atoms with E-state index in [1.807, 2.05) is 18.2 Å². The monoisotopic (exact) mass is 221 g/mol. The van der Waals surface area contributed by atoms with E-state index in [1.54, 1.807) is 6.07 Å². The summed E-state index contributed by atoms with van der Waals surface area (Å²) in [5.41, 5.74) is 0.999. The van der Waals surface area contributed by atoms with Gasteiger partial charge in [-0.15, -0.1) is 0 Å². The van der Waals surface area contributed by atoms with Gasteiger partial charge in [0.15, 0.2) is 0 Å². The summed E-state index contributed by atoms with van der Waals surface area (Å²) in [4.78, 5) is 2.34. The molecule has 1 heterocycles. The number of hydrogen-bond acceptors (Lipinski definition) is 3. The van der Waals surface area contributed by atoms with Crippen LogP contribution in [0.15, 0.2) is 24.3 Å². The molecule has 0 aliphatic carbocycles. The fourth-order valence-corrected chi connectivity index (χ4v) is 2.06. The molecule has 1 aliphatic heterocycles. The lowest BCUT2D eigenvalue weighted by Gasteiger charge is -2.32. The van der Waals surface area contributed by atoms with Gasteiger partial charge in [0.05, 0.1) is 12.7 Å². The van der Waals surface area contributed by atoms with Crippen LogP contribution < -0.4 is 0 Å². The Morgan fingerprint density at radius 1 is 1.44 bits per heavy atom. The summed E-state index contributed by atoms with van der Waals surface area (Å²) < 4.78 is 5.62. The van der Waals surface area contributed by atoms with E-state index in [-0.39, 0.29) is 0 Å². The van der Waals surface area contributed by atoms with Crippen LogP contribution in [0.5, 0.6) is 5.75 Å². The van der Waals surface area contributed by atoms with Gasteiger partial charge in [0.25, 0.3) is 0 Å². The number of ether oxygens (including phenoxy) is 1. The van der Waals surface area contributed by atoms with E-state index in [1.165, 1.54) is 0 Å². The number of para-hydroxylation sites is 1. The van der Waals surface area contributed by atoms with Crippen molar-refractivity contribution in [1.29, 1.82) is 0 Å². The van der Waals surface area contributed by atoms with E-state index < -0.39 is 0 Å². The fourth-order valence-electron chi connectivity index (χ4n) is 2.06. The fraction of sp³-hybridized carbons (Fsp3) is 0.538. The maximum absolute atomic E-state index is 9.71. The number of phenols is 1. The highest BCUT2D eigenvalue weighted by atomic mass is 16.5. The van der Waals surface area contributed by atoms with Crippen LogP contribution in [0.3, 0.4) is 0 Å². The smallest absolute Gasteiger partial charge is 0.120 e. The molecule has 1 aliphatic rings. The van der Waals surface area contributed by atoms with Gasteiger partial charge in [-0.05, 0) is 12.5 Å². The topological polar surface area (TPSA) is 32.7 Å². The molecule has 2 rings (SSSR count). The SMILES string of the molecule is CCC1CN(Cc2ccccc2O)CCO1. The molecule has 16 heavy (non-hydrogen) atoms. The van der Waals surface area contributed by atoms with Gasteiger partial charge in [-0.2, -0.15) is 0 Å². The number of hydrogen-bond donors (Lipinski definition) is 1. The summed E-state index contributed by atoms with van der Waals surface area (Å²) >= 11 is 0. The zero-order valence-corrected chi connectivity index (χ0v) is 9.72. The minimum Gasteiger partial charge on any atom is -0.508 e. The highest BCUT2D eigenvalue weighted by Crippen LogP contribution is 2.19. The molecule has 0 spiro atoms. The Balaban J connectivity index is 1.97. The van der Waals surface area contributed by atoms with Gasteiger partial charge < -0.3 is 9.84 Å². The maximum Gasteiger partial charge on any atom is 0.120 e. The number of phenolic OH excluding ortho intramolecular Hbond substituents is 1. The Kier molecular flexibility index (Phi) is 3.80. The number of aromatic hydroxyl groups is 1. The Morgan fingerprint density at radius 3 is 3.00 bits per heavy atom. The Bertz CT molecular complexity index is 340. The van der Waals surface area contributed by atoms with Crippen LogP contribution in [0.2, 0.25) is 0 Å². The average molecular weight is 221 g/mol. The second kappa shape index (κ2) is 5.32. The third-order valence-electron chi connectivity index (χ3n) is 3.06. The van der Waals surface area contributed by atoms with E-state index >= 15 is 0 Å². The van der Waals surface area contributed by atoms with Gasteiger partial charge in [0.2, 0.25) is 0 Å². The first-order chi connectivity index (χ1) is 7.79. The van der Waals surface area contributed by atoms with Crippen LogP contribution in [-0.2, 0) is 11.3 Å². The zero-order chi connectivity index (χ0) is 11.4. The molecule has 88 valence electrons. The first-order valence-electron chi connectivity index (χ1n) is 5.90. The van der Waals surface area contributed by atoms with E-state index in [9.17, 15) is 5.11 Å². The van der Waals surface area contributed by atoms with Crippen molar-refractivity contribution in [2.24, 2.45) is 0 Å². The minimum atomic E-state index is 0.347. The lowest BCUT2D eigenvalue weighted by atomic mass is 10.1. The van der Waals surface area contributed by atoms with Gasteiger partial charge in [-0.3, -0.25) is 4.90 Å². The number of morpholine rings is 1. The van der Waals surface area contributed by atoms with Gasteiger partial charge >= 0.3 is 0 Å². The molecule has 1 aromatic rings. The lowest BCUT2D eigenvalue weighted by molar-refractivity contribution is -0.0326. The van der Waals surface area contributed by atoms with Crippen molar-refractivity contribution in [2.45, 2.75) is 26.0 Å².